The number of hydrogen-bond acceptors (Lipinski definition) is 7. The number of hydrogen-bond donors (Lipinski definition) is 4. The van der Waals surface area contributed by atoms with Crippen molar-refractivity contribution in [3.8, 4) is 0 Å². The smallest absolute Gasteiger partial charge is 0.241 e. The van der Waals surface area contributed by atoms with Gasteiger partial charge in [0, 0.05) is 33.1 Å². The first-order valence-electron chi connectivity index (χ1n) is 8.21. The maximum atomic E-state index is 11.6. The van der Waals surface area contributed by atoms with E-state index in [0.29, 0.717) is 23.1 Å². The Bertz CT molecular complexity index is 809. The molecule has 0 bridgehead atoms. The number of carbonyl (C=O) groups excluding carboxylic acids is 1. The molecule has 0 spiro atoms. The molecule has 9 heteroatoms. The number of likely N-dealkylation sites (N-methyl/N-ethyl adjacent to an activating group) is 1. The standard InChI is InChI=1S/C18H22ClN7O/c1-26(2)16(27)12-21-10-14(8-20)24-18-23-11-15(19)17(25-18)22-9-13-6-4-3-5-7-13/h3-8,10-11,20-21H,9,12H2,1-2H3,(H2,22,23,24,25)/b14-10+,20-8?. The molecule has 4 N–H and O–H groups in total. The quantitative estimate of drug-likeness (QED) is 0.492. The zero-order chi connectivity index (χ0) is 19.6. The van der Waals surface area contributed by atoms with Crippen LogP contribution in [0.4, 0.5) is 11.8 Å². The number of rotatable bonds is 9. The molecular weight excluding hydrogens is 366 g/mol. The van der Waals surface area contributed by atoms with Crippen LogP contribution in [0.1, 0.15) is 5.56 Å². The number of carbonyl (C=O) groups is 1. The Morgan fingerprint density at radius 1 is 1.30 bits per heavy atom. The van der Waals surface area contributed by atoms with Crippen LogP contribution in [0.25, 0.3) is 0 Å². The van der Waals surface area contributed by atoms with Crippen molar-refractivity contribution in [3.63, 3.8) is 0 Å². The number of nitrogens with one attached hydrogen (secondary N) is 4. The molecule has 0 radical (unpaired) electrons. The van der Waals surface area contributed by atoms with E-state index in [4.69, 9.17) is 17.0 Å². The van der Waals surface area contributed by atoms with E-state index in [1.165, 1.54) is 17.3 Å². The van der Waals surface area contributed by atoms with Crippen LogP contribution in [0.2, 0.25) is 5.02 Å². The summed E-state index contributed by atoms with van der Waals surface area (Å²) >= 11 is 6.15. The van der Waals surface area contributed by atoms with Gasteiger partial charge in [-0.05, 0) is 5.56 Å². The van der Waals surface area contributed by atoms with Gasteiger partial charge in [0.05, 0.1) is 18.4 Å². The molecule has 0 aliphatic rings. The number of aromatic nitrogens is 2. The van der Waals surface area contributed by atoms with Crippen molar-refractivity contribution in [2.75, 3.05) is 31.3 Å². The van der Waals surface area contributed by atoms with Gasteiger partial charge in [-0.1, -0.05) is 41.9 Å². The minimum absolute atomic E-state index is 0.0780. The molecule has 0 unspecified atom stereocenters. The summed E-state index contributed by atoms with van der Waals surface area (Å²) in [5.74, 6) is 0.689. The Labute approximate surface area is 163 Å². The van der Waals surface area contributed by atoms with Gasteiger partial charge in [0.2, 0.25) is 11.9 Å². The lowest BCUT2D eigenvalue weighted by Gasteiger charge is -2.12. The van der Waals surface area contributed by atoms with Crippen molar-refractivity contribution in [1.82, 2.24) is 20.2 Å². The predicted molar refractivity (Wildman–Crippen MR) is 108 cm³/mol. The second kappa shape index (κ2) is 10.1. The maximum Gasteiger partial charge on any atom is 0.241 e. The molecule has 0 atom stereocenters. The molecular formula is C18H22ClN7O. The zero-order valence-electron chi connectivity index (χ0n) is 15.2. The minimum atomic E-state index is -0.0780. The molecule has 1 aromatic heterocycles. The topological polar surface area (TPSA) is 106 Å². The summed E-state index contributed by atoms with van der Waals surface area (Å²) in [7, 11) is 3.35. The normalized spacial score (nSPS) is 10.9. The van der Waals surface area contributed by atoms with Crippen molar-refractivity contribution in [2.45, 2.75) is 6.54 Å². The molecule has 2 rings (SSSR count). The molecule has 1 heterocycles. The Hall–Kier alpha value is -3.13. The van der Waals surface area contributed by atoms with Gasteiger partial charge in [0.15, 0.2) is 5.82 Å². The fraction of sp³-hybridized carbons (Fsp3) is 0.222. The molecule has 2 aromatic rings. The van der Waals surface area contributed by atoms with Crippen LogP contribution in [-0.2, 0) is 11.3 Å². The van der Waals surface area contributed by atoms with Gasteiger partial charge in [-0.3, -0.25) is 4.79 Å². The minimum Gasteiger partial charge on any atom is -0.380 e. The lowest BCUT2D eigenvalue weighted by Crippen LogP contribution is -2.31. The highest BCUT2D eigenvalue weighted by molar-refractivity contribution is 6.32. The van der Waals surface area contributed by atoms with Crippen LogP contribution >= 0.6 is 11.6 Å². The van der Waals surface area contributed by atoms with Gasteiger partial charge >= 0.3 is 0 Å². The van der Waals surface area contributed by atoms with Crippen molar-refractivity contribution < 1.29 is 4.79 Å². The SMILES string of the molecule is CN(C)C(=O)CN/C=C(\C=N)Nc1ncc(Cl)c(NCc2ccccc2)n1. The van der Waals surface area contributed by atoms with Crippen LogP contribution in [0, 0.1) is 5.41 Å². The number of allylic oxidation sites excluding steroid dienone is 1. The molecule has 27 heavy (non-hydrogen) atoms. The highest BCUT2D eigenvalue weighted by atomic mass is 35.5. The van der Waals surface area contributed by atoms with E-state index in [2.05, 4.69) is 25.9 Å². The lowest BCUT2D eigenvalue weighted by molar-refractivity contribution is -0.127. The summed E-state index contributed by atoms with van der Waals surface area (Å²) < 4.78 is 0. The molecule has 1 aromatic carbocycles. The number of nitrogens with zero attached hydrogens (tertiary/aromatic N) is 3. The third-order valence-corrected chi connectivity index (χ3v) is 3.74. The fourth-order valence-electron chi connectivity index (χ4n) is 1.98. The predicted octanol–water partition coefficient (Wildman–Crippen LogP) is 2.32. The zero-order valence-corrected chi connectivity index (χ0v) is 15.9. The summed E-state index contributed by atoms with van der Waals surface area (Å²) in [6.45, 7) is 0.690. The van der Waals surface area contributed by atoms with Gasteiger partial charge in [-0.25, -0.2) is 4.98 Å². The molecule has 0 saturated heterocycles. The molecule has 0 aliphatic carbocycles. The van der Waals surface area contributed by atoms with E-state index in [1.54, 1.807) is 14.1 Å². The molecule has 0 saturated carbocycles. The monoisotopic (exact) mass is 387 g/mol. The largest absolute Gasteiger partial charge is 0.380 e. The summed E-state index contributed by atoms with van der Waals surface area (Å²) in [6.07, 6.45) is 4.10. The third kappa shape index (κ3) is 6.59. The van der Waals surface area contributed by atoms with Gasteiger partial charge in [-0.2, -0.15) is 4.98 Å². The van der Waals surface area contributed by atoms with Crippen molar-refractivity contribution in [1.29, 1.82) is 5.41 Å². The second-order valence-electron chi connectivity index (χ2n) is 5.77. The summed E-state index contributed by atoms with van der Waals surface area (Å²) in [6, 6.07) is 9.87. The molecule has 1 amide bonds. The highest BCUT2D eigenvalue weighted by Crippen LogP contribution is 2.20. The summed E-state index contributed by atoms with van der Waals surface area (Å²) in [4.78, 5) is 21.5. The Morgan fingerprint density at radius 2 is 2.04 bits per heavy atom. The van der Waals surface area contributed by atoms with Crippen molar-refractivity contribution in [3.05, 3.63) is 59.0 Å². The van der Waals surface area contributed by atoms with Crippen LogP contribution in [0.15, 0.2) is 48.4 Å². The van der Waals surface area contributed by atoms with Crippen molar-refractivity contribution in [2.24, 2.45) is 0 Å². The average Bonchev–Trinajstić information content (AvgIpc) is 2.68. The first-order chi connectivity index (χ1) is 13.0. The van der Waals surface area contributed by atoms with E-state index < -0.39 is 0 Å². The van der Waals surface area contributed by atoms with Gasteiger partial charge in [-0.15, -0.1) is 0 Å². The van der Waals surface area contributed by atoms with E-state index in [0.717, 1.165) is 11.8 Å². The van der Waals surface area contributed by atoms with Crippen LogP contribution in [0.3, 0.4) is 0 Å². The number of benzene rings is 1. The number of anilines is 2. The van der Waals surface area contributed by atoms with E-state index in [9.17, 15) is 4.79 Å². The molecule has 0 fully saturated rings. The lowest BCUT2D eigenvalue weighted by atomic mass is 10.2. The van der Waals surface area contributed by atoms with Crippen LogP contribution < -0.4 is 16.0 Å². The molecule has 8 nitrogen and oxygen atoms in total. The Kier molecular flexibility index (Phi) is 7.57. The first-order valence-corrected chi connectivity index (χ1v) is 8.59. The third-order valence-electron chi connectivity index (χ3n) is 3.47. The van der Waals surface area contributed by atoms with Crippen LogP contribution in [0.5, 0.6) is 0 Å². The van der Waals surface area contributed by atoms with Crippen molar-refractivity contribution >= 4 is 35.5 Å². The van der Waals surface area contributed by atoms with E-state index in [-0.39, 0.29) is 18.4 Å². The molecule has 142 valence electrons. The first kappa shape index (κ1) is 20.2. The Balaban J connectivity index is 2.00. The van der Waals surface area contributed by atoms with E-state index >= 15 is 0 Å². The van der Waals surface area contributed by atoms with Gasteiger partial charge < -0.3 is 26.3 Å². The highest BCUT2D eigenvalue weighted by Gasteiger charge is 2.07. The molecule has 0 aliphatic heterocycles. The van der Waals surface area contributed by atoms with E-state index in [1.807, 2.05) is 30.3 Å². The number of halogens is 1. The second-order valence-corrected chi connectivity index (χ2v) is 6.17. The van der Waals surface area contributed by atoms with Gasteiger partial charge in [0.25, 0.3) is 0 Å². The average molecular weight is 388 g/mol. The fourth-order valence-corrected chi connectivity index (χ4v) is 2.14. The van der Waals surface area contributed by atoms with Gasteiger partial charge in [0.1, 0.15) is 5.02 Å². The maximum absolute atomic E-state index is 11.6. The summed E-state index contributed by atoms with van der Waals surface area (Å²) in [5, 5.41) is 16.8. The number of amides is 1. The van der Waals surface area contributed by atoms with Crippen LogP contribution in [-0.4, -0.2) is 47.6 Å². The Morgan fingerprint density at radius 3 is 2.70 bits per heavy atom. The summed E-state index contributed by atoms with van der Waals surface area (Å²) in [5.41, 5.74) is 1.49.